The van der Waals surface area contributed by atoms with Crippen LogP contribution in [0.2, 0.25) is 10.0 Å². The van der Waals surface area contributed by atoms with E-state index in [9.17, 15) is 13.6 Å². The highest BCUT2D eigenvalue weighted by Gasteiger charge is 2.20. The number of hydrogen-bond donors (Lipinski definition) is 0. The molecule has 0 unspecified atom stereocenters. The minimum absolute atomic E-state index is 0.198. The summed E-state index contributed by atoms with van der Waals surface area (Å²) in [4.78, 5) is 14.3. The van der Waals surface area contributed by atoms with Crippen LogP contribution in [0.4, 0.5) is 13.6 Å². The lowest BCUT2D eigenvalue weighted by atomic mass is 10.0. The van der Waals surface area contributed by atoms with Crippen LogP contribution < -0.4 is 4.74 Å². The molecule has 8 heteroatoms. The van der Waals surface area contributed by atoms with Crippen LogP contribution in [0.25, 0.3) is 22.0 Å². The second kappa shape index (κ2) is 10.0. The number of carbonyl (C=O) groups excluding carboxylic acids is 1. The molecular formula is C26H22Cl2F2N2O2. The quantitative estimate of drug-likeness (QED) is 0.269. The van der Waals surface area contributed by atoms with Crippen LogP contribution in [-0.2, 0) is 6.54 Å². The van der Waals surface area contributed by atoms with Crippen LogP contribution in [-0.4, -0.2) is 28.6 Å². The summed E-state index contributed by atoms with van der Waals surface area (Å²) in [5.41, 5.74) is 2.44. The minimum Gasteiger partial charge on any atom is -0.410 e. The molecule has 0 fully saturated rings. The summed E-state index contributed by atoms with van der Waals surface area (Å²) in [6.45, 7) is 4.97. The van der Waals surface area contributed by atoms with Crippen molar-refractivity contribution < 1.29 is 18.3 Å². The van der Waals surface area contributed by atoms with Crippen molar-refractivity contribution >= 4 is 40.2 Å². The van der Waals surface area contributed by atoms with Crippen molar-refractivity contribution in [2.24, 2.45) is 0 Å². The van der Waals surface area contributed by atoms with Gasteiger partial charge in [0.2, 0.25) is 0 Å². The van der Waals surface area contributed by atoms with Crippen LogP contribution in [0, 0.1) is 11.6 Å². The molecule has 0 spiro atoms. The lowest BCUT2D eigenvalue weighted by molar-refractivity contribution is 0.157. The summed E-state index contributed by atoms with van der Waals surface area (Å²) in [7, 11) is 0. The minimum atomic E-state index is -0.626. The number of nitrogens with zero attached hydrogens (tertiary/aromatic N) is 2. The number of amides is 1. The summed E-state index contributed by atoms with van der Waals surface area (Å²) in [5, 5.41) is 1.65. The van der Waals surface area contributed by atoms with Crippen molar-refractivity contribution in [2.75, 3.05) is 13.1 Å². The van der Waals surface area contributed by atoms with Gasteiger partial charge in [-0.05, 0) is 61.9 Å². The summed E-state index contributed by atoms with van der Waals surface area (Å²) in [5.74, 6) is -0.889. The zero-order valence-electron chi connectivity index (χ0n) is 18.6. The number of benzene rings is 3. The molecule has 0 radical (unpaired) electrons. The first-order chi connectivity index (χ1) is 16.3. The molecule has 0 saturated carbocycles. The van der Waals surface area contributed by atoms with Crippen LogP contribution in [0.1, 0.15) is 19.4 Å². The first kappa shape index (κ1) is 24.0. The van der Waals surface area contributed by atoms with E-state index in [-0.39, 0.29) is 6.54 Å². The maximum atomic E-state index is 14.3. The van der Waals surface area contributed by atoms with Gasteiger partial charge in [0.15, 0.2) is 0 Å². The molecule has 3 aromatic carbocycles. The molecule has 0 aliphatic rings. The topological polar surface area (TPSA) is 34.5 Å². The zero-order valence-corrected chi connectivity index (χ0v) is 20.1. The molecule has 0 bridgehead atoms. The Bertz CT molecular complexity index is 1350. The van der Waals surface area contributed by atoms with Gasteiger partial charge in [-0.1, -0.05) is 29.3 Å². The van der Waals surface area contributed by atoms with E-state index < -0.39 is 17.7 Å². The molecule has 0 N–H and O–H groups in total. The Labute approximate surface area is 206 Å². The maximum Gasteiger partial charge on any atom is 0.415 e. The van der Waals surface area contributed by atoms with Gasteiger partial charge in [-0.15, -0.1) is 0 Å². The second-order valence-electron chi connectivity index (χ2n) is 7.75. The standard InChI is InChI=1S/C26H22Cl2F2N2O2/c1-3-31(4-2)26(33)34-24-8-7-23-21(25(24)17-11-18(27)13-19(28)12-17)9-10-32(23)15-16-5-6-20(29)14-22(16)30/h5-14H,3-4,15H2,1-2H3. The van der Waals surface area contributed by atoms with Crippen molar-refractivity contribution in [3.63, 3.8) is 0 Å². The van der Waals surface area contributed by atoms with E-state index in [1.807, 2.05) is 24.5 Å². The van der Waals surface area contributed by atoms with Gasteiger partial charge in [-0.25, -0.2) is 13.6 Å². The molecule has 4 nitrogen and oxygen atoms in total. The lowest BCUT2D eigenvalue weighted by Gasteiger charge is -2.20. The van der Waals surface area contributed by atoms with E-state index in [4.69, 9.17) is 27.9 Å². The number of fused-ring (bicyclic) bond motifs is 1. The average Bonchev–Trinajstić information content (AvgIpc) is 3.18. The smallest absolute Gasteiger partial charge is 0.410 e. The third kappa shape index (κ3) is 4.88. The van der Waals surface area contributed by atoms with Crippen molar-refractivity contribution in [2.45, 2.75) is 20.4 Å². The van der Waals surface area contributed by atoms with Gasteiger partial charge < -0.3 is 14.2 Å². The highest BCUT2D eigenvalue weighted by Crippen LogP contribution is 2.40. The number of carbonyl (C=O) groups is 1. The molecule has 4 rings (SSSR count). The van der Waals surface area contributed by atoms with Gasteiger partial charge >= 0.3 is 6.09 Å². The normalized spacial score (nSPS) is 11.1. The van der Waals surface area contributed by atoms with Gasteiger partial charge in [0, 0.05) is 57.4 Å². The van der Waals surface area contributed by atoms with Crippen LogP contribution in [0.5, 0.6) is 5.75 Å². The molecule has 0 atom stereocenters. The van der Waals surface area contributed by atoms with E-state index in [1.54, 1.807) is 41.4 Å². The van der Waals surface area contributed by atoms with Crippen LogP contribution in [0.3, 0.4) is 0 Å². The second-order valence-corrected chi connectivity index (χ2v) is 8.62. The van der Waals surface area contributed by atoms with Crippen molar-refractivity contribution in [1.29, 1.82) is 0 Å². The van der Waals surface area contributed by atoms with E-state index in [1.165, 1.54) is 12.1 Å². The zero-order chi connectivity index (χ0) is 24.4. The van der Waals surface area contributed by atoms with E-state index in [2.05, 4.69) is 0 Å². The fraction of sp³-hybridized carbons (Fsp3) is 0.192. The van der Waals surface area contributed by atoms with Gasteiger partial charge in [0.25, 0.3) is 0 Å². The SMILES string of the molecule is CCN(CC)C(=O)Oc1ccc2c(ccn2Cc2ccc(F)cc2F)c1-c1cc(Cl)cc(Cl)c1. The van der Waals surface area contributed by atoms with Crippen molar-refractivity contribution in [3.8, 4) is 16.9 Å². The predicted molar refractivity (Wildman–Crippen MR) is 132 cm³/mol. The van der Waals surface area contributed by atoms with Crippen molar-refractivity contribution in [3.05, 3.63) is 88.0 Å². The van der Waals surface area contributed by atoms with Crippen molar-refractivity contribution in [1.82, 2.24) is 9.47 Å². The first-order valence-electron chi connectivity index (χ1n) is 10.8. The molecule has 0 saturated heterocycles. The van der Waals surface area contributed by atoms with Gasteiger partial charge in [0.05, 0.1) is 6.54 Å². The lowest BCUT2D eigenvalue weighted by Crippen LogP contribution is -2.33. The molecule has 1 aromatic heterocycles. The van der Waals surface area contributed by atoms with E-state index in [0.29, 0.717) is 45.6 Å². The molecule has 176 valence electrons. The number of hydrogen-bond acceptors (Lipinski definition) is 2. The summed E-state index contributed by atoms with van der Waals surface area (Å²) in [6.07, 6.45) is 1.34. The Hall–Kier alpha value is -3.09. The molecule has 1 heterocycles. The van der Waals surface area contributed by atoms with E-state index in [0.717, 1.165) is 17.0 Å². The molecule has 0 aliphatic heterocycles. The Morgan fingerprint density at radius 3 is 2.32 bits per heavy atom. The summed E-state index contributed by atoms with van der Waals surface area (Å²) in [6, 6.07) is 14.0. The number of ether oxygens (including phenoxy) is 1. The number of rotatable bonds is 6. The van der Waals surface area contributed by atoms with E-state index >= 15 is 0 Å². The Morgan fingerprint density at radius 2 is 1.68 bits per heavy atom. The fourth-order valence-electron chi connectivity index (χ4n) is 3.95. The fourth-order valence-corrected chi connectivity index (χ4v) is 4.47. The molecule has 1 amide bonds. The number of halogens is 4. The average molecular weight is 503 g/mol. The first-order valence-corrected chi connectivity index (χ1v) is 11.5. The van der Waals surface area contributed by atoms with Gasteiger partial charge in [-0.3, -0.25) is 0 Å². The highest BCUT2D eigenvalue weighted by molar-refractivity contribution is 6.35. The third-order valence-electron chi connectivity index (χ3n) is 5.64. The predicted octanol–water partition coefficient (Wildman–Crippen LogP) is 7.78. The maximum absolute atomic E-state index is 14.3. The molecular weight excluding hydrogens is 481 g/mol. The van der Waals surface area contributed by atoms with Crippen LogP contribution >= 0.6 is 23.2 Å². The summed E-state index contributed by atoms with van der Waals surface area (Å²) < 4.78 is 35.2. The monoisotopic (exact) mass is 502 g/mol. The Morgan fingerprint density at radius 1 is 0.971 bits per heavy atom. The Kier molecular flexibility index (Phi) is 7.10. The number of aromatic nitrogens is 1. The molecule has 4 aromatic rings. The molecule has 0 aliphatic carbocycles. The largest absolute Gasteiger partial charge is 0.415 e. The molecule has 34 heavy (non-hydrogen) atoms. The summed E-state index contributed by atoms with van der Waals surface area (Å²) >= 11 is 12.5. The van der Waals surface area contributed by atoms with Gasteiger partial charge in [0.1, 0.15) is 17.4 Å². The van der Waals surface area contributed by atoms with Gasteiger partial charge in [-0.2, -0.15) is 0 Å². The third-order valence-corrected chi connectivity index (χ3v) is 6.08. The highest BCUT2D eigenvalue weighted by atomic mass is 35.5. The van der Waals surface area contributed by atoms with Crippen LogP contribution in [0.15, 0.2) is 60.8 Å². The Balaban J connectivity index is 1.85.